The maximum atomic E-state index is 11.7. The first-order chi connectivity index (χ1) is 10.6. The summed E-state index contributed by atoms with van der Waals surface area (Å²) in [6.07, 6.45) is 2.98. The van der Waals surface area contributed by atoms with E-state index < -0.39 is 0 Å². The number of carbonyl (C=O) groups is 2. The second-order valence-corrected chi connectivity index (χ2v) is 6.16. The number of amides is 2. The molecular weight excluding hydrogens is 304 g/mol. The first-order valence-corrected chi connectivity index (χ1v) is 8.34. The predicted octanol–water partition coefficient (Wildman–Crippen LogP) is 0.209. The molecule has 0 aliphatic heterocycles. The van der Waals surface area contributed by atoms with Crippen LogP contribution < -0.4 is 16.2 Å². The molecule has 0 spiro atoms. The zero-order valence-electron chi connectivity index (χ0n) is 12.5. The summed E-state index contributed by atoms with van der Waals surface area (Å²) in [5, 5.41) is 5.96. The minimum absolute atomic E-state index is 0.0794. The van der Waals surface area contributed by atoms with Crippen molar-refractivity contribution in [3.8, 4) is 0 Å². The van der Waals surface area contributed by atoms with Crippen molar-refractivity contribution in [1.82, 2.24) is 20.6 Å². The Morgan fingerprint density at radius 1 is 1.41 bits per heavy atom. The first-order valence-electron chi connectivity index (χ1n) is 7.36. The van der Waals surface area contributed by atoms with Crippen molar-refractivity contribution in [3.05, 3.63) is 22.1 Å². The van der Waals surface area contributed by atoms with Gasteiger partial charge in [-0.1, -0.05) is 18.7 Å². The van der Waals surface area contributed by atoms with E-state index in [-0.39, 0.29) is 35.6 Å². The van der Waals surface area contributed by atoms with Crippen LogP contribution >= 0.6 is 11.8 Å². The van der Waals surface area contributed by atoms with Gasteiger partial charge in [0.1, 0.15) is 0 Å². The number of aromatic amines is 1. The molecule has 1 heterocycles. The minimum Gasteiger partial charge on any atom is -0.355 e. The largest absolute Gasteiger partial charge is 0.355 e. The van der Waals surface area contributed by atoms with Crippen LogP contribution in [0, 0.1) is 0 Å². The summed E-state index contributed by atoms with van der Waals surface area (Å²) >= 11 is 1.15. The molecule has 0 bridgehead atoms. The Bertz CT molecular complexity index is 598. The van der Waals surface area contributed by atoms with Crippen LogP contribution in [0.25, 0.3) is 0 Å². The number of carbonyl (C=O) groups excluding carboxylic acids is 2. The lowest BCUT2D eigenvalue weighted by atomic mass is 10.3. The van der Waals surface area contributed by atoms with E-state index in [1.54, 1.807) is 0 Å². The SMILES string of the molecule is CCCNC(=O)CSc1nc(CC(=O)NC2CC2)cc(=O)[nH]1. The quantitative estimate of drug-likeness (QED) is 0.468. The number of hydrogen-bond acceptors (Lipinski definition) is 5. The van der Waals surface area contributed by atoms with Gasteiger partial charge in [0.05, 0.1) is 17.9 Å². The number of thioether (sulfide) groups is 1. The third kappa shape index (κ3) is 5.88. The molecule has 1 aromatic heterocycles. The first kappa shape index (κ1) is 16.5. The Hall–Kier alpha value is -1.83. The lowest BCUT2D eigenvalue weighted by Crippen LogP contribution is -2.28. The third-order valence-corrected chi connectivity index (χ3v) is 3.84. The molecule has 1 saturated carbocycles. The van der Waals surface area contributed by atoms with E-state index in [4.69, 9.17) is 0 Å². The van der Waals surface area contributed by atoms with Crippen molar-refractivity contribution in [3.63, 3.8) is 0 Å². The van der Waals surface area contributed by atoms with Crippen LogP contribution in [-0.2, 0) is 16.0 Å². The van der Waals surface area contributed by atoms with Crippen molar-refractivity contribution < 1.29 is 9.59 Å². The maximum absolute atomic E-state index is 11.7. The second-order valence-electron chi connectivity index (χ2n) is 5.20. The highest BCUT2D eigenvalue weighted by Gasteiger charge is 2.23. The fraction of sp³-hybridized carbons (Fsp3) is 0.571. The molecular formula is C14H20N4O3S. The molecule has 0 unspecified atom stereocenters. The Kier molecular flexibility index (Phi) is 6.00. The summed E-state index contributed by atoms with van der Waals surface area (Å²) in [4.78, 5) is 41.7. The van der Waals surface area contributed by atoms with Gasteiger partial charge >= 0.3 is 0 Å². The fourth-order valence-electron chi connectivity index (χ4n) is 1.76. The Morgan fingerprint density at radius 3 is 2.86 bits per heavy atom. The topological polar surface area (TPSA) is 104 Å². The smallest absolute Gasteiger partial charge is 0.251 e. The minimum atomic E-state index is -0.319. The zero-order valence-corrected chi connectivity index (χ0v) is 13.3. The number of nitrogens with one attached hydrogen (secondary N) is 3. The van der Waals surface area contributed by atoms with Crippen molar-refractivity contribution in [2.75, 3.05) is 12.3 Å². The normalized spacial score (nSPS) is 13.7. The Labute approximate surface area is 132 Å². The molecule has 0 saturated heterocycles. The number of rotatable bonds is 8. The standard InChI is InChI=1S/C14H20N4O3S/c1-2-5-15-13(21)8-22-14-17-10(7-12(20)18-14)6-11(19)16-9-3-4-9/h7,9H,2-6,8H2,1H3,(H,15,21)(H,16,19)(H,17,18,20). The van der Waals surface area contributed by atoms with E-state index in [1.807, 2.05) is 6.92 Å². The number of aromatic nitrogens is 2. The van der Waals surface area contributed by atoms with Gasteiger partial charge < -0.3 is 15.6 Å². The van der Waals surface area contributed by atoms with Crippen LogP contribution in [0.1, 0.15) is 31.9 Å². The molecule has 1 aliphatic rings. The van der Waals surface area contributed by atoms with E-state index in [1.165, 1.54) is 6.07 Å². The molecule has 22 heavy (non-hydrogen) atoms. The van der Waals surface area contributed by atoms with Crippen LogP contribution in [0.3, 0.4) is 0 Å². The van der Waals surface area contributed by atoms with Crippen LogP contribution in [0.5, 0.6) is 0 Å². The summed E-state index contributed by atoms with van der Waals surface area (Å²) in [7, 11) is 0. The average molecular weight is 324 g/mol. The molecule has 120 valence electrons. The van der Waals surface area contributed by atoms with Gasteiger partial charge in [-0.15, -0.1) is 0 Å². The van der Waals surface area contributed by atoms with Crippen LogP contribution in [0.4, 0.5) is 0 Å². The molecule has 0 radical (unpaired) electrons. The van der Waals surface area contributed by atoms with Gasteiger partial charge in [0.25, 0.3) is 5.56 Å². The van der Waals surface area contributed by atoms with Crippen molar-refractivity contribution in [1.29, 1.82) is 0 Å². The van der Waals surface area contributed by atoms with Gasteiger partial charge in [0.2, 0.25) is 11.8 Å². The Morgan fingerprint density at radius 2 is 2.18 bits per heavy atom. The van der Waals surface area contributed by atoms with E-state index in [0.29, 0.717) is 17.4 Å². The summed E-state index contributed by atoms with van der Waals surface area (Å²) in [6.45, 7) is 2.60. The Balaban J connectivity index is 1.89. The highest BCUT2D eigenvalue weighted by molar-refractivity contribution is 7.99. The monoisotopic (exact) mass is 324 g/mol. The summed E-state index contributed by atoms with van der Waals surface area (Å²) < 4.78 is 0. The molecule has 2 rings (SSSR count). The average Bonchev–Trinajstić information content (AvgIpc) is 3.26. The molecule has 0 atom stereocenters. The van der Waals surface area contributed by atoms with Crippen LogP contribution in [-0.4, -0.2) is 40.1 Å². The predicted molar refractivity (Wildman–Crippen MR) is 83.8 cm³/mol. The highest BCUT2D eigenvalue weighted by atomic mass is 32.2. The number of nitrogens with zero attached hydrogens (tertiary/aromatic N) is 1. The van der Waals surface area contributed by atoms with Crippen LogP contribution in [0.15, 0.2) is 16.0 Å². The molecule has 1 aliphatic carbocycles. The molecule has 7 nitrogen and oxygen atoms in total. The van der Waals surface area contributed by atoms with Gasteiger partial charge in [-0.3, -0.25) is 14.4 Å². The van der Waals surface area contributed by atoms with E-state index in [2.05, 4.69) is 20.6 Å². The second kappa shape index (κ2) is 7.98. The van der Waals surface area contributed by atoms with E-state index >= 15 is 0 Å². The van der Waals surface area contributed by atoms with E-state index in [9.17, 15) is 14.4 Å². The van der Waals surface area contributed by atoms with Gasteiger partial charge in [0, 0.05) is 18.7 Å². The molecule has 0 aromatic carbocycles. The van der Waals surface area contributed by atoms with Crippen molar-refractivity contribution >= 4 is 23.6 Å². The lowest BCUT2D eigenvalue weighted by Gasteiger charge is -2.05. The highest BCUT2D eigenvalue weighted by Crippen LogP contribution is 2.18. The summed E-state index contributed by atoms with van der Waals surface area (Å²) in [6, 6.07) is 1.60. The lowest BCUT2D eigenvalue weighted by molar-refractivity contribution is -0.120. The molecule has 3 N–H and O–H groups in total. The summed E-state index contributed by atoms with van der Waals surface area (Å²) in [5.41, 5.74) is 0.0963. The fourth-order valence-corrected chi connectivity index (χ4v) is 2.49. The zero-order chi connectivity index (χ0) is 15.9. The third-order valence-electron chi connectivity index (χ3n) is 2.97. The van der Waals surface area contributed by atoms with Gasteiger partial charge in [-0.2, -0.15) is 0 Å². The van der Waals surface area contributed by atoms with Crippen molar-refractivity contribution in [2.24, 2.45) is 0 Å². The van der Waals surface area contributed by atoms with Crippen LogP contribution in [0.2, 0.25) is 0 Å². The van der Waals surface area contributed by atoms with Gasteiger partial charge in [-0.05, 0) is 19.3 Å². The van der Waals surface area contributed by atoms with E-state index in [0.717, 1.165) is 31.0 Å². The van der Waals surface area contributed by atoms with Gasteiger partial charge in [-0.25, -0.2) is 4.98 Å². The molecule has 2 amide bonds. The number of hydrogen-bond donors (Lipinski definition) is 3. The molecule has 1 fully saturated rings. The molecule has 1 aromatic rings. The van der Waals surface area contributed by atoms with Gasteiger partial charge in [0.15, 0.2) is 5.16 Å². The maximum Gasteiger partial charge on any atom is 0.251 e. The van der Waals surface area contributed by atoms with Crippen molar-refractivity contribution in [2.45, 2.75) is 43.8 Å². The number of H-pyrrole nitrogens is 1. The summed E-state index contributed by atoms with van der Waals surface area (Å²) in [5.74, 6) is -0.0515. The molecule has 8 heteroatoms.